The number of thiophene rings is 1. The normalized spacial score (nSPS) is 12.6. The van der Waals surface area contributed by atoms with E-state index in [0.29, 0.717) is 6.61 Å². The van der Waals surface area contributed by atoms with Crippen molar-refractivity contribution >= 4 is 11.3 Å². The Balaban J connectivity index is 2.16. The zero-order valence-corrected chi connectivity index (χ0v) is 10.8. The third-order valence-electron chi connectivity index (χ3n) is 2.64. The van der Waals surface area contributed by atoms with Gasteiger partial charge >= 0.3 is 0 Å². The molecule has 1 atom stereocenters. The Morgan fingerprint density at radius 2 is 1.88 bits per heavy atom. The van der Waals surface area contributed by atoms with Gasteiger partial charge < -0.3 is 9.84 Å². The minimum absolute atomic E-state index is 0.523. The highest BCUT2D eigenvalue weighted by Crippen LogP contribution is 2.28. The van der Waals surface area contributed by atoms with E-state index in [1.54, 1.807) is 18.4 Å². The summed E-state index contributed by atoms with van der Waals surface area (Å²) in [7, 11) is 1.68. The molecule has 1 unspecified atom stereocenters. The number of hydrogen-bond donors (Lipinski definition) is 1. The summed E-state index contributed by atoms with van der Waals surface area (Å²) in [6.07, 6.45) is -0.523. The Labute approximate surface area is 105 Å². The molecule has 0 saturated heterocycles. The monoisotopic (exact) mass is 248 g/mol. The maximum Gasteiger partial charge on any atom is 0.113 e. The van der Waals surface area contributed by atoms with E-state index in [1.165, 1.54) is 4.88 Å². The zero-order valence-electron chi connectivity index (χ0n) is 10.0. The molecule has 0 amide bonds. The molecular weight excluding hydrogens is 232 g/mol. The van der Waals surface area contributed by atoms with Crippen LogP contribution in [0.5, 0.6) is 0 Å². The Morgan fingerprint density at radius 3 is 2.41 bits per heavy atom. The van der Waals surface area contributed by atoms with Gasteiger partial charge in [-0.2, -0.15) is 0 Å². The molecule has 3 heteroatoms. The van der Waals surface area contributed by atoms with Gasteiger partial charge in [-0.25, -0.2) is 0 Å². The third-order valence-corrected chi connectivity index (χ3v) is 3.69. The van der Waals surface area contributed by atoms with E-state index in [1.807, 2.05) is 43.3 Å². The fourth-order valence-electron chi connectivity index (χ4n) is 1.73. The summed E-state index contributed by atoms with van der Waals surface area (Å²) in [4.78, 5) is 2.21. The van der Waals surface area contributed by atoms with Crippen LogP contribution in [-0.4, -0.2) is 12.2 Å². The second-order valence-corrected chi connectivity index (χ2v) is 5.35. The van der Waals surface area contributed by atoms with Crippen molar-refractivity contribution in [1.29, 1.82) is 0 Å². The first kappa shape index (κ1) is 12.3. The molecule has 17 heavy (non-hydrogen) atoms. The van der Waals surface area contributed by atoms with E-state index < -0.39 is 6.10 Å². The van der Waals surface area contributed by atoms with E-state index in [4.69, 9.17) is 4.74 Å². The van der Waals surface area contributed by atoms with Gasteiger partial charge in [0.25, 0.3) is 0 Å². The second-order valence-electron chi connectivity index (χ2n) is 4.03. The van der Waals surface area contributed by atoms with Crippen LogP contribution < -0.4 is 0 Å². The summed E-state index contributed by atoms with van der Waals surface area (Å²) in [5.74, 6) is 0. The van der Waals surface area contributed by atoms with Crippen molar-refractivity contribution in [3.63, 3.8) is 0 Å². The highest BCUT2D eigenvalue weighted by Gasteiger charge is 2.11. The van der Waals surface area contributed by atoms with Gasteiger partial charge in [-0.1, -0.05) is 24.3 Å². The summed E-state index contributed by atoms with van der Waals surface area (Å²) < 4.78 is 5.06. The van der Waals surface area contributed by atoms with E-state index >= 15 is 0 Å². The van der Waals surface area contributed by atoms with Crippen LogP contribution in [-0.2, 0) is 11.3 Å². The lowest BCUT2D eigenvalue weighted by atomic mass is 10.1. The first-order valence-electron chi connectivity index (χ1n) is 5.53. The van der Waals surface area contributed by atoms with Gasteiger partial charge in [-0.3, -0.25) is 0 Å². The topological polar surface area (TPSA) is 29.5 Å². The Kier molecular flexibility index (Phi) is 3.94. The zero-order chi connectivity index (χ0) is 12.3. The molecule has 2 aromatic rings. The minimum Gasteiger partial charge on any atom is -0.383 e. The van der Waals surface area contributed by atoms with Gasteiger partial charge in [-0.05, 0) is 30.2 Å². The molecule has 2 nitrogen and oxygen atoms in total. The average molecular weight is 248 g/mol. The van der Waals surface area contributed by atoms with Gasteiger partial charge in [0, 0.05) is 16.9 Å². The van der Waals surface area contributed by atoms with Crippen molar-refractivity contribution in [2.24, 2.45) is 0 Å². The van der Waals surface area contributed by atoms with Crippen LogP contribution in [0.2, 0.25) is 0 Å². The van der Waals surface area contributed by atoms with E-state index in [0.717, 1.165) is 16.0 Å². The smallest absolute Gasteiger partial charge is 0.113 e. The molecule has 90 valence electrons. The van der Waals surface area contributed by atoms with Crippen LogP contribution >= 0.6 is 11.3 Å². The van der Waals surface area contributed by atoms with Crippen molar-refractivity contribution in [3.8, 4) is 0 Å². The van der Waals surface area contributed by atoms with Gasteiger partial charge in [0.15, 0.2) is 0 Å². The number of aliphatic hydroxyl groups is 1. The van der Waals surface area contributed by atoms with Crippen LogP contribution in [0.15, 0.2) is 36.4 Å². The number of rotatable bonds is 4. The van der Waals surface area contributed by atoms with Crippen LogP contribution in [0, 0.1) is 6.92 Å². The van der Waals surface area contributed by atoms with Crippen molar-refractivity contribution in [2.45, 2.75) is 19.6 Å². The Morgan fingerprint density at radius 1 is 1.18 bits per heavy atom. The molecule has 1 N–H and O–H groups in total. The molecule has 0 fully saturated rings. The quantitative estimate of drug-likeness (QED) is 0.899. The fourth-order valence-corrected chi connectivity index (χ4v) is 2.62. The first-order chi connectivity index (χ1) is 8.20. The van der Waals surface area contributed by atoms with Crippen molar-refractivity contribution in [2.75, 3.05) is 7.11 Å². The predicted octanol–water partition coefficient (Wildman–Crippen LogP) is 3.28. The lowest BCUT2D eigenvalue weighted by molar-refractivity contribution is 0.184. The van der Waals surface area contributed by atoms with Crippen molar-refractivity contribution in [3.05, 3.63) is 57.3 Å². The molecule has 2 rings (SSSR count). The minimum atomic E-state index is -0.523. The molecule has 0 bridgehead atoms. The molecule has 0 aliphatic rings. The maximum absolute atomic E-state index is 10.2. The highest BCUT2D eigenvalue weighted by atomic mass is 32.1. The number of aryl methyl sites for hydroxylation is 1. The molecule has 0 aliphatic carbocycles. The standard InChI is InChI=1S/C14H16O2S/c1-10-3-8-13(17-10)14(15)12-6-4-11(5-7-12)9-16-2/h3-8,14-15H,9H2,1-2H3. The maximum atomic E-state index is 10.2. The van der Waals surface area contributed by atoms with Gasteiger partial charge in [0.1, 0.15) is 6.10 Å². The number of hydrogen-bond acceptors (Lipinski definition) is 3. The van der Waals surface area contributed by atoms with Crippen LogP contribution in [0.25, 0.3) is 0 Å². The van der Waals surface area contributed by atoms with Gasteiger partial charge in [0.2, 0.25) is 0 Å². The fraction of sp³-hybridized carbons (Fsp3) is 0.286. The molecule has 1 aromatic heterocycles. The molecule has 0 spiro atoms. The molecule has 0 saturated carbocycles. The molecule has 1 aromatic carbocycles. The van der Waals surface area contributed by atoms with Gasteiger partial charge in [-0.15, -0.1) is 11.3 Å². The SMILES string of the molecule is COCc1ccc(C(O)c2ccc(C)s2)cc1. The number of methoxy groups -OCH3 is 1. The Hall–Kier alpha value is -1.16. The molecular formula is C14H16O2S. The van der Waals surface area contributed by atoms with Crippen molar-refractivity contribution in [1.82, 2.24) is 0 Å². The first-order valence-corrected chi connectivity index (χ1v) is 6.34. The van der Waals surface area contributed by atoms with Crippen molar-refractivity contribution < 1.29 is 9.84 Å². The number of aliphatic hydroxyl groups excluding tert-OH is 1. The summed E-state index contributed by atoms with van der Waals surface area (Å²) in [5, 5.41) is 10.2. The molecule has 0 aliphatic heterocycles. The molecule has 1 heterocycles. The van der Waals surface area contributed by atoms with Crippen LogP contribution in [0.4, 0.5) is 0 Å². The average Bonchev–Trinajstić information content (AvgIpc) is 2.76. The summed E-state index contributed by atoms with van der Waals surface area (Å²) in [5.41, 5.74) is 2.04. The largest absolute Gasteiger partial charge is 0.383 e. The highest BCUT2D eigenvalue weighted by molar-refractivity contribution is 7.12. The van der Waals surface area contributed by atoms with E-state index in [9.17, 15) is 5.11 Å². The second kappa shape index (κ2) is 5.45. The molecule has 0 radical (unpaired) electrons. The summed E-state index contributed by atoms with van der Waals surface area (Å²) in [6, 6.07) is 11.9. The van der Waals surface area contributed by atoms with E-state index in [-0.39, 0.29) is 0 Å². The van der Waals surface area contributed by atoms with E-state index in [2.05, 4.69) is 0 Å². The summed E-state index contributed by atoms with van der Waals surface area (Å²) >= 11 is 1.63. The third kappa shape index (κ3) is 2.94. The predicted molar refractivity (Wildman–Crippen MR) is 70.3 cm³/mol. The Bertz CT molecular complexity index is 473. The lowest BCUT2D eigenvalue weighted by Gasteiger charge is -2.09. The number of benzene rings is 1. The number of ether oxygens (including phenoxy) is 1. The van der Waals surface area contributed by atoms with Crippen LogP contribution in [0.3, 0.4) is 0 Å². The van der Waals surface area contributed by atoms with Gasteiger partial charge in [0.05, 0.1) is 6.61 Å². The summed E-state index contributed by atoms with van der Waals surface area (Å²) in [6.45, 7) is 2.65. The van der Waals surface area contributed by atoms with Crippen LogP contribution in [0.1, 0.15) is 27.0 Å². The lowest BCUT2D eigenvalue weighted by Crippen LogP contribution is -1.97.